The van der Waals surface area contributed by atoms with Gasteiger partial charge >= 0.3 is 0 Å². The number of hydrogen-bond acceptors (Lipinski definition) is 4. The highest BCUT2D eigenvalue weighted by atomic mass is 79.9. The summed E-state index contributed by atoms with van der Waals surface area (Å²) in [6.07, 6.45) is 5.49. The topological polar surface area (TPSA) is 28.2 Å². The predicted octanol–water partition coefficient (Wildman–Crippen LogP) is 4.66. The normalized spacial score (nSPS) is 20.3. The van der Waals surface area contributed by atoms with E-state index in [1.165, 1.54) is 19.3 Å². The molecule has 0 radical (unpaired) electrons. The lowest BCUT2D eigenvalue weighted by Crippen LogP contribution is -2.23. The Morgan fingerprint density at radius 3 is 3.17 bits per heavy atom. The van der Waals surface area contributed by atoms with Crippen LogP contribution in [0.4, 0.5) is 5.69 Å². The summed E-state index contributed by atoms with van der Waals surface area (Å²) in [7, 11) is 0. The number of nitrogens with zero attached hydrogens (tertiary/aromatic N) is 2. The number of anilines is 1. The molecule has 6 heteroatoms. The third kappa shape index (κ3) is 3.13. The smallest absolute Gasteiger partial charge is 0.153 e. The monoisotopic (exact) mass is 349 g/mol. The minimum absolute atomic E-state index is 0.524. The van der Waals surface area contributed by atoms with Crippen molar-refractivity contribution in [3.63, 3.8) is 0 Å². The van der Waals surface area contributed by atoms with Crippen LogP contribution in [0.3, 0.4) is 0 Å². The molecular weight excluding hydrogens is 334 g/mol. The van der Waals surface area contributed by atoms with Crippen LogP contribution in [-0.4, -0.2) is 21.9 Å². The van der Waals surface area contributed by atoms with Gasteiger partial charge in [-0.3, -0.25) is 0 Å². The number of hydrogen-bond donors (Lipinski definition) is 1. The Hall–Kier alpha value is 0.0300. The van der Waals surface area contributed by atoms with Crippen LogP contribution >= 0.6 is 39.7 Å². The molecule has 1 unspecified atom stereocenters. The van der Waals surface area contributed by atoms with Gasteiger partial charge in [0.25, 0.3) is 0 Å². The van der Waals surface area contributed by atoms with Gasteiger partial charge in [-0.2, -0.15) is 0 Å². The average molecular weight is 351 g/mol. The number of nitrogens with one attached hydrogen (secondary N) is 1. The summed E-state index contributed by atoms with van der Waals surface area (Å²) in [6.45, 7) is 5.40. The third-order valence-corrected chi connectivity index (χ3v) is 5.39. The first-order chi connectivity index (χ1) is 8.63. The van der Waals surface area contributed by atoms with Gasteiger partial charge in [0, 0.05) is 35.4 Å². The lowest BCUT2D eigenvalue weighted by atomic mass is 10.2. The van der Waals surface area contributed by atoms with Crippen LogP contribution in [0, 0.1) is 6.92 Å². The van der Waals surface area contributed by atoms with Crippen molar-refractivity contribution in [2.75, 3.05) is 11.3 Å². The molecule has 1 fully saturated rings. The maximum Gasteiger partial charge on any atom is 0.153 e. The molecule has 0 bridgehead atoms. The molecule has 0 aromatic carbocycles. The van der Waals surface area contributed by atoms with Gasteiger partial charge in [-0.15, -0.1) is 0 Å². The Balaban J connectivity index is 2.04. The fourth-order valence-corrected chi connectivity index (χ4v) is 3.79. The SMILES string of the molecule is CCC1CCCN1SNc1c(Cl)ncc(Br)c1C. The molecule has 2 heterocycles. The highest BCUT2D eigenvalue weighted by Gasteiger charge is 2.24. The van der Waals surface area contributed by atoms with E-state index >= 15 is 0 Å². The Morgan fingerprint density at radius 2 is 2.44 bits per heavy atom. The Labute approximate surface area is 126 Å². The number of pyridine rings is 1. The van der Waals surface area contributed by atoms with E-state index in [9.17, 15) is 0 Å². The van der Waals surface area contributed by atoms with Crippen LogP contribution in [0.1, 0.15) is 31.7 Å². The van der Waals surface area contributed by atoms with E-state index in [-0.39, 0.29) is 0 Å². The standard InChI is InChI=1S/C12H17BrClN3S/c1-3-9-5-4-6-17(9)18-16-11-8(2)10(13)7-15-12(11)14/h7,9,16H,3-6H2,1-2H3. The predicted molar refractivity (Wildman–Crippen MR) is 82.9 cm³/mol. The van der Waals surface area contributed by atoms with Gasteiger partial charge in [-0.25, -0.2) is 9.29 Å². The van der Waals surface area contributed by atoms with Crippen LogP contribution in [0.15, 0.2) is 10.7 Å². The summed E-state index contributed by atoms with van der Waals surface area (Å²) < 4.78 is 6.72. The summed E-state index contributed by atoms with van der Waals surface area (Å²) in [5.74, 6) is 0. The minimum atomic E-state index is 0.524. The Bertz CT molecular complexity index is 430. The summed E-state index contributed by atoms with van der Waals surface area (Å²) in [6, 6.07) is 0.668. The summed E-state index contributed by atoms with van der Waals surface area (Å²) in [5.41, 5.74) is 1.99. The van der Waals surface area contributed by atoms with Gasteiger partial charge < -0.3 is 4.72 Å². The molecule has 1 N–H and O–H groups in total. The molecule has 0 saturated carbocycles. The number of rotatable bonds is 4. The van der Waals surface area contributed by atoms with Gasteiger partial charge in [0.1, 0.15) is 0 Å². The van der Waals surface area contributed by atoms with E-state index in [2.05, 4.69) is 36.9 Å². The molecule has 3 nitrogen and oxygen atoms in total. The summed E-state index contributed by atoms with van der Waals surface area (Å²) >= 11 is 11.3. The summed E-state index contributed by atoms with van der Waals surface area (Å²) in [4.78, 5) is 4.15. The van der Waals surface area contributed by atoms with E-state index in [1.54, 1.807) is 18.3 Å². The molecule has 1 aromatic heterocycles. The molecule has 1 aliphatic rings. The molecule has 1 aromatic rings. The van der Waals surface area contributed by atoms with E-state index in [1.807, 2.05) is 6.92 Å². The fourth-order valence-electron chi connectivity index (χ4n) is 2.11. The molecule has 0 aliphatic carbocycles. The van der Waals surface area contributed by atoms with E-state index in [4.69, 9.17) is 11.6 Å². The van der Waals surface area contributed by atoms with Gasteiger partial charge in [0.05, 0.1) is 5.69 Å². The highest BCUT2D eigenvalue weighted by molar-refractivity contribution is 9.10. The van der Waals surface area contributed by atoms with E-state index < -0.39 is 0 Å². The highest BCUT2D eigenvalue weighted by Crippen LogP contribution is 2.34. The molecule has 1 aliphatic heterocycles. The summed E-state index contributed by atoms with van der Waals surface area (Å²) in [5, 5.41) is 0.524. The largest absolute Gasteiger partial charge is 0.314 e. The molecule has 1 atom stereocenters. The minimum Gasteiger partial charge on any atom is -0.314 e. The van der Waals surface area contributed by atoms with Crippen molar-refractivity contribution in [1.29, 1.82) is 0 Å². The van der Waals surface area contributed by atoms with E-state index in [0.29, 0.717) is 11.2 Å². The van der Waals surface area contributed by atoms with Crippen molar-refractivity contribution >= 4 is 45.4 Å². The maximum atomic E-state index is 6.13. The fraction of sp³-hybridized carbons (Fsp3) is 0.583. The molecule has 1 saturated heterocycles. The molecule has 0 amide bonds. The third-order valence-electron chi connectivity index (χ3n) is 3.29. The lowest BCUT2D eigenvalue weighted by molar-refractivity contribution is 0.426. The van der Waals surface area contributed by atoms with Crippen molar-refractivity contribution in [2.24, 2.45) is 0 Å². The number of aromatic nitrogens is 1. The van der Waals surface area contributed by atoms with Crippen LogP contribution in [0.5, 0.6) is 0 Å². The lowest BCUT2D eigenvalue weighted by Gasteiger charge is -2.22. The van der Waals surface area contributed by atoms with Crippen molar-refractivity contribution in [3.8, 4) is 0 Å². The molecule has 0 spiro atoms. The zero-order chi connectivity index (χ0) is 13.1. The van der Waals surface area contributed by atoms with Crippen molar-refractivity contribution in [1.82, 2.24) is 9.29 Å². The average Bonchev–Trinajstić information content (AvgIpc) is 2.81. The van der Waals surface area contributed by atoms with Crippen molar-refractivity contribution in [2.45, 2.75) is 39.2 Å². The second-order valence-electron chi connectivity index (χ2n) is 4.44. The quantitative estimate of drug-likeness (QED) is 0.631. The second kappa shape index (κ2) is 6.46. The zero-order valence-electron chi connectivity index (χ0n) is 10.5. The van der Waals surface area contributed by atoms with Gasteiger partial charge in [0.2, 0.25) is 0 Å². The zero-order valence-corrected chi connectivity index (χ0v) is 13.7. The first-order valence-corrected chi connectivity index (χ1v) is 8.08. The van der Waals surface area contributed by atoms with Crippen molar-refractivity contribution in [3.05, 3.63) is 21.4 Å². The van der Waals surface area contributed by atoms with Crippen LogP contribution < -0.4 is 4.72 Å². The van der Waals surface area contributed by atoms with Crippen molar-refractivity contribution < 1.29 is 0 Å². The van der Waals surface area contributed by atoms with E-state index in [0.717, 1.165) is 22.3 Å². The van der Waals surface area contributed by atoms with Gasteiger partial charge in [0.15, 0.2) is 5.15 Å². The molecule has 2 rings (SSSR count). The Kier molecular flexibility index (Phi) is 5.18. The van der Waals surface area contributed by atoms with Gasteiger partial charge in [-0.05, 0) is 47.7 Å². The Morgan fingerprint density at radius 1 is 1.67 bits per heavy atom. The molecular formula is C12H17BrClN3S. The van der Waals surface area contributed by atoms with Crippen LogP contribution in [0.25, 0.3) is 0 Å². The first kappa shape index (κ1) is 14.4. The second-order valence-corrected chi connectivity index (χ2v) is 6.50. The van der Waals surface area contributed by atoms with Crippen LogP contribution in [-0.2, 0) is 0 Å². The van der Waals surface area contributed by atoms with Crippen LogP contribution in [0.2, 0.25) is 5.15 Å². The maximum absolute atomic E-state index is 6.13. The molecule has 18 heavy (non-hydrogen) atoms. The van der Waals surface area contributed by atoms with Gasteiger partial charge in [-0.1, -0.05) is 18.5 Å². The number of halogens is 2. The first-order valence-electron chi connectivity index (χ1n) is 6.13. The molecule has 100 valence electrons.